The molecule has 102 valence electrons. The molecule has 2 aliphatic heterocycles. The van der Waals surface area contributed by atoms with E-state index in [-0.39, 0.29) is 18.1 Å². The molecule has 2 bridgehead atoms. The molecule has 0 saturated carbocycles. The predicted octanol–water partition coefficient (Wildman–Crippen LogP) is 0.535. The Kier molecular flexibility index (Phi) is 2.78. The van der Waals surface area contributed by atoms with E-state index in [9.17, 15) is 14.7 Å². The van der Waals surface area contributed by atoms with Gasteiger partial charge in [-0.2, -0.15) is 5.10 Å². The molecule has 2 fully saturated rings. The molecule has 0 aromatic carbocycles. The summed E-state index contributed by atoms with van der Waals surface area (Å²) in [4.78, 5) is 23.6. The zero-order chi connectivity index (χ0) is 13.6. The first kappa shape index (κ1) is 12.2. The SMILES string of the molecule is Cc1[nH]ncc1NC(=O)[C@@H]1[C@@H](C(=O)O)[C@@H]2CC[C@@H]1O2. The number of H-pyrrole nitrogens is 1. The smallest absolute Gasteiger partial charge is 0.310 e. The van der Waals surface area contributed by atoms with Crippen molar-refractivity contribution in [2.75, 3.05) is 5.32 Å². The van der Waals surface area contributed by atoms with Gasteiger partial charge in [0.15, 0.2) is 0 Å². The fourth-order valence-corrected chi connectivity index (χ4v) is 3.02. The van der Waals surface area contributed by atoms with Gasteiger partial charge < -0.3 is 15.2 Å². The van der Waals surface area contributed by atoms with E-state index in [1.807, 2.05) is 0 Å². The van der Waals surface area contributed by atoms with Crippen molar-refractivity contribution in [2.45, 2.75) is 32.0 Å². The summed E-state index contributed by atoms with van der Waals surface area (Å²) in [5.74, 6) is -2.63. The molecule has 3 heterocycles. The number of carboxylic acids is 1. The molecule has 7 heteroatoms. The molecule has 4 atom stereocenters. The first-order valence-corrected chi connectivity index (χ1v) is 6.27. The monoisotopic (exact) mass is 265 g/mol. The number of aromatic amines is 1. The van der Waals surface area contributed by atoms with Gasteiger partial charge in [-0.15, -0.1) is 0 Å². The van der Waals surface area contributed by atoms with Crippen molar-refractivity contribution in [2.24, 2.45) is 11.8 Å². The molecule has 19 heavy (non-hydrogen) atoms. The van der Waals surface area contributed by atoms with E-state index in [1.165, 1.54) is 6.20 Å². The summed E-state index contributed by atoms with van der Waals surface area (Å²) < 4.78 is 5.56. The third-order valence-corrected chi connectivity index (χ3v) is 3.95. The quantitative estimate of drug-likeness (QED) is 0.739. The fourth-order valence-electron chi connectivity index (χ4n) is 3.02. The Morgan fingerprint density at radius 1 is 1.42 bits per heavy atom. The lowest BCUT2D eigenvalue weighted by Crippen LogP contribution is -2.41. The van der Waals surface area contributed by atoms with Crippen molar-refractivity contribution in [3.05, 3.63) is 11.9 Å². The van der Waals surface area contributed by atoms with Gasteiger partial charge in [-0.05, 0) is 19.8 Å². The number of aryl methyl sites for hydroxylation is 1. The van der Waals surface area contributed by atoms with E-state index < -0.39 is 17.8 Å². The Morgan fingerprint density at radius 2 is 2.11 bits per heavy atom. The largest absolute Gasteiger partial charge is 0.481 e. The van der Waals surface area contributed by atoms with Crippen LogP contribution in [0.2, 0.25) is 0 Å². The molecular weight excluding hydrogens is 250 g/mol. The molecule has 1 aromatic heterocycles. The highest BCUT2D eigenvalue weighted by Gasteiger charge is 2.55. The minimum atomic E-state index is -0.962. The molecule has 3 rings (SSSR count). The van der Waals surface area contributed by atoms with Gasteiger partial charge in [0, 0.05) is 0 Å². The number of fused-ring (bicyclic) bond motifs is 2. The number of rotatable bonds is 3. The van der Waals surface area contributed by atoms with Gasteiger partial charge in [-0.3, -0.25) is 14.7 Å². The number of aliphatic carboxylic acids is 1. The van der Waals surface area contributed by atoms with Crippen LogP contribution in [0.15, 0.2) is 6.20 Å². The molecule has 1 amide bonds. The fraction of sp³-hybridized carbons (Fsp3) is 0.583. The summed E-state index contributed by atoms with van der Waals surface area (Å²) in [7, 11) is 0. The lowest BCUT2D eigenvalue weighted by Gasteiger charge is -2.23. The summed E-state index contributed by atoms with van der Waals surface area (Å²) in [6.07, 6.45) is 2.37. The molecule has 2 aliphatic rings. The highest BCUT2D eigenvalue weighted by atomic mass is 16.5. The van der Waals surface area contributed by atoms with E-state index in [2.05, 4.69) is 15.5 Å². The third-order valence-electron chi connectivity index (χ3n) is 3.95. The third kappa shape index (κ3) is 1.90. The van der Waals surface area contributed by atoms with E-state index in [1.54, 1.807) is 6.92 Å². The number of hydrogen-bond donors (Lipinski definition) is 3. The maximum Gasteiger partial charge on any atom is 0.310 e. The average Bonchev–Trinajstić information content (AvgIpc) is 3.04. The Labute approximate surface area is 109 Å². The number of carbonyl (C=O) groups excluding carboxylic acids is 1. The molecule has 0 radical (unpaired) electrons. The second-order valence-electron chi connectivity index (χ2n) is 5.08. The summed E-state index contributed by atoms with van der Waals surface area (Å²) in [5, 5.41) is 18.5. The number of amides is 1. The van der Waals surface area contributed by atoms with Crippen LogP contribution in [-0.4, -0.2) is 39.4 Å². The van der Waals surface area contributed by atoms with E-state index in [0.29, 0.717) is 5.69 Å². The lowest BCUT2D eigenvalue weighted by atomic mass is 9.78. The van der Waals surface area contributed by atoms with Crippen molar-refractivity contribution in [1.82, 2.24) is 10.2 Å². The van der Waals surface area contributed by atoms with Gasteiger partial charge in [-0.1, -0.05) is 0 Å². The van der Waals surface area contributed by atoms with Gasteiger partial charge >= 0.3 is 5.97 Å². The first-order chi connectivity index (χ1) is 9.08. The second-order valence-corrected chi connectivity index (χ2v) is 5.08. The van der Waals surface area contributed by atoms with Gasteiger partial charge in [0.2, 0.25) is 5.91 Å². The van der Waals surface area contributed by atoms with E-state index in [4.69, 9.17) is 4.74 Å². The van der Waals surface area contributed by atoms with Crippen LogP contribution < -0.4 is 5.32 Å². The molecule has 0 spiro atoms. The van der Waals surface area contributed by atoms with Crippen LogP contribution in [0.4, 0.5) is 5.69 Å². The van der Waals surface area contributed by atoms with Crippen LogP contribution in [0, 0.1) is 18.8 Å². The number of ether oxygens (including phenoxy) is 1. The standard InChI is InChI=1S/C12H15N3O4/c1-5-6(4-13-15-5)14-11(16)9-7-2-3-8(19-7)10(9)12(17)18/h4,7-10H,2-3H2,1H3,(H,13,15)(H,14,16)(H,17,18)/t7-,8-,9-,10-/m0/s1. The number of nitrogens with one attached hydrogen (secondary N) is 2. The van der Waals surface area contributed by atoms with Gasteiger partial charge in [0.05, 0.1) is 41.6 Å². The maximum atomic E-state index is 12.3. The summed E-state index contributed by atoms with van der Waals surface area (Å²) in [5.41, 5.74) is 1.32. The van der Waals surface area contributed by atoms with E-state index in [0.717, 1.165) is 18.5 Å². The molecule has 2 saturated heterocycles. The Bertz CT molecular complexity index is 527. The van der Waals surface area contributed by atoms with Crippen LogP contribution in [0.5, 0.6) is 0 Å². The minimum Gasteiger partial charge on any atom is -0.481 e. The van der Waals surface area contributed by atoms with Crippen molar-refractivity contribution >= 4 is 17.6 Å². The van der Waals surface area contributed by atoms with Crippen LogP contribution >= 0.6 is 0 Å². The topological polar surface area (TPSA) is 104 Å². The van der Waals surface area contributed by atoms with E-state index >= 15 is 0 Å². The molecule has 3 N–H and O–H groups in total. The summed E-state index contributed by atoms with van der Waals surface area (Å²) in [6.45, 7) is 1.79. The van der Waals surface area contributed by atoms with Gasteiger partial charge in [0.25, 0.3) is 0 Å². The molecule has 0 unspecified atom stereocenters. The normalized spacial score (nSPS) is 32.5. The summed E-state index contributed by atoms with van der Waals surface area (Å²) in [6, 6.07) is 0. The van der Waals surface area contributed by atoms with Crippen LogP contribution in [0.1, 0.15) is 18.5 Å². The molecule has 0 aliphatic carbocycles. The highest BCUT2D eigenvalue weighted by Crippen LogP contribution is 2.44. The van der Waals surface area contributed by atoms with Crippen LogP contribution in [-0.2, 0) is 14.3 Å². The lowest BCUT2D eigenvalue weighted by molar-refractivity contribution is -0.147. The molecule has 7 nitrogen and oxygen atoms in total. The molecule has 1 aromatic rings. The highest BCUT2D eigenvalue weighted by molar-refractivity contribution is 5.96. The average molecular weight is 265 g/mol. The van der Waals surface area contributed by atoms with Crippen LogP contribution in [0.3, 0.4) is 0 Å². The Balaban J connectivity index is 1.79. The van der Waals surface area contributed by atoms with Gasteiger partial charge in [0.1, 0.15) is 0 Å². The Morgan fingerprint density at radius 3 is 2.68 bits per heavy atom. The number of anilines is 1. The number of aromatic nitrogens is 2. The molecular formula is C12H15N3O4. The number of nitrogens with zero attached hydrogens (tertiary/aromatic N) is 1. The predicted molar refractivity (Wildman–Crippen MR) is 64.5 cm³/mol. The van der Waals surface area contributed by atoms with Crippen molar-refractivity contribution in [3.8, 4) is 0 Å². The number of hydrogen-bond acceptors (Lipinski definition) is 4. The maximum absolute atomic E-state index is 12.3. The minimum absolute atomic E-state index is 0.279. The zero-order valence-corrected chi connectivity index (χ0v) is 10.4. The second kappa shape index (κ2) is 4.34. The van der Waals surface area contributed by atoms with Crippen molar-refractivity contribution in [1.29, 1.82) is 0 Å². The van der Waals surface area contributed by atoms with Crippen molar-refractivity contribution < 1.29 is 19.4 Å². The zero-order valence-electron chi connectivity index (χ0n) is 10.4. The number of carboxylic acid groups (broad SMARTS) is 1. The van der Waals surface area contributed by atoms with Crippen molar-refractivity contribution in [3.63, 3.8) is 0 Å². The van der Waals surface area contributed by atoms with Gasteiger partial charge in [-0.25, -0.2) is 0 Å². The Hall–Kier alpha value is -1.89. The summed E-state index contributed by atoms with van der Waals surface area (Å²) >= 11 is 0. The first-order valence-electron chi connectivity index (χ1n) is 6.27. The number of carbonyl (C=O) groups is 2. The van der Waals surface area contributed by atoms with Crippen LogP contribution in [0.25, 0.3) is 0 Å².